The molecule has 8 nitrogen and oxygen atoms in total. The Morgan fingerprint density at radius 3 is 2.50 bits per heavy atom. The van der Waals surface area contributed by atoms with Crippen molar-refractivity contribution in [3.8, 4) is 23.0 Å². The van der Waals surface area contributed by atoms with E-state index in [9.17, 15) is 9.90 Å². The van der Waals surface area contributed by atoms with Gasteiger partial charge in [-0.2, -0.15) is 0 Å². The number of methoxy groups -OCH3 is 3. The number of ketones is 1. The number of fused-ring (bicyclic) bond motifs is 1. The summed E-state index contributed by atoms with van der Waals surface area (Å²) in [5, 5.41) is 15.5. The van der Waals surface area contributed by atoms with Crippen LogP contribution in [0.4, 0.5) is 5.69 Å². The van der Waals surface area contributed by atoms with Gasteiger partial charge < -0.3 is 24.6 Å². The van der Waals surface area contributed by atoms with E-state index in [4.69, 9.17) is 25.8 Å². The minimum absolute atomic E-state index is 0.141. The summed E-state index contributed by atoms with van der Waals surface area (Å²) in [5.74, 6) is 1.11. The van der Waals surface area contributed by atoms with Crippen molar-refractivity contribution < 1.29 is 24.1 Å². The van der Waals surface area contributed by atoms with E-state index in [2.05, 4.69) is 15.3 Å². The van der Waals surface area contributed by atoms with Crippen LogP contribution < -0.4 is 19.5 Å². The molecule has 0 aliphatic rings. The fourth-order valence-electron chi connectivity index (χ4n) is 4.22. The number of halogens is 1. The molecule has 4 rings (SSSR count). The third kappa shape index (κ3) is 6.52. The molecule has 0 fully saturated rings. The maximum absolute atomic E-state index is 12.9. The van der Waals surface area contributed by atoms with Gasteiger partial charge in [-0.15, -0.1) is 0 Å². The van der Waals surface area contributed by atoms with Crippen LogP contribution in [0.1, 0.15) is 27.0 Å². The SMILES string of the molecule is COc1cc(C(=O)/C=C/c2cc(C)c(O)c(C=NCCNc3ccnc4cc(Cl)ccc34)c2)cc(OC)c1OC. The van der Waals surface area contributed by atoms with Crippen molar-refractivity contribution >= 4 is 46.3 Å². The normalized spacial score (nSPS) is 11.3. The lowest BCUT2D eigenvalue weighted by molar-refractivity contribution is 0.104. The quantitative estimate of drug-likeness (QED) is 0.0954. The second-order valence-electron chi connectivity index (χ2n) is 8.87. The Balaban J connectivity index is 1.44. The van der Waals surface area contributed by atoms with Crippen molar-refractivity contribution in [3.63, 3.8) is 0 Å². The molecular formula is C31H30ClN3O5. The van der Waals surface area contributed by atoms with Gasteiger partial charge in [-0.3, -0.25) is 14.8 Å². The average molecular weight is 560 g/mol. The Morgan fingerprint density at radius 2 is 1.80 bits per heavy atom. The predicted molar refractivity (Wildman–Crippen MR) is 160 cm³/mol. The summed E-state index contributed by atoms with van der Waals surface area (Å²) >= 11 is 6.07. The first kappa shape index (κ1) is 28.4. The van der Waals surface area contributed by atoms with E-state index in [0.29, 0.717) is 52.1 Å². The number of aromatic hydroxyl groups is 1. The van der Waals surface area contributed by atoms with Crippen LogP contribution in [-0.2, 0) is 0 Å². The molecule has 3 aromatic carbocycles. The number of allylic oxidation sites excluding steroid dienone is 1. The third-order valence-electron chi connectivity index (χ3n) is 6.22. The molecule has 0 spiro atoms. The van der Waals surface area contributed by atoms with Gasteiger partial charge in [0.1, 0.15) is 5.75 Å². The van der Waals surface area contributed by atoms with Crippen LogP contribution in [0, 0.1) is 6.92 Å². The monoisotopic (exact) mass is 559 g/mol. The molecule has 1 aromatic heterocycles. The third-order valence-corrected chi connectivity index (χ3v) is 6.46. The van der Waals surface area contributed by atoms with E-state index in [-0.39, 0.29) is 11.5 Å². The number of hydrogen-bond donors (Lipinski definition) is 2. The van der Waals surface area contributed by atoms with Crippen LogP contribution in [-0.4, -0.2) is 56.5 Å². The average Bonchev–Trinajstić information content (AvgIpc) is 2.96. The number of benzene rings is 3. The number of phenols is 1. The largest absolute Gasteiger partial charge is 0.507 e. The fraction of sp³-hybridized carbons (Fsp3) is 0.194. The highest BCUT2D eigenvalue weighted by Crippen LogP contribution is 2.38. The van der Waals surface area contributed by atoms with E-state index in [0.717, 1.165) is 22.2 Å². The summed E-state index contributed by atoms with van der Waals surface area (Å²) in [6.07, 6.45) is 6.52. The number of nitrogens with one attached hydrogen (secondary N) is 1. The highest BCUT2D eigenvalue weighted by atomic mass is 35.5. The first-order chi connectivity index (χ1) is 19.3. The van der Waals surface area contributed by atoms with Gasteiger partial charge in [0.25, 0.3) is 0 Å². The number of aromatic nitrogens is 1. The number of aryl methyl sites for hydroxylation is 1. The van der Waals surface area contributed by atoms with Gasteiger partial charge in [-0.1, -0.05) is 17.7 Å². The smallest absolute Gasteiger partial charge is 0.203 e. The van der Waals surface area contributed by atoms with Crippen molar-refractivity contribution in [2.24, 2.45) is 4.99 Å². The molecule has 0 saturated carbocycles. The maximum Gasteiger partial charge on any atom is 0.203 e. The molecule has 0 aliphatic carbocycles. The first-order valence-electron chi connectivity index (χ1n) is 12.5. The van der Waals surface area contributed by atoms with Gasteiger partial charge in [-0.05, 0) is 72.7 Å². The van der Waals surface area contributed by atoms with Gasteiger partial charge in [0.15, 0.2) is 17.3 Å². The minimum atomic E-state index is -0.239. The van der Waals surface area contributed by atoms with Gasteiger partial charge in [0.05, 0.1) is 33.4 Å². The van der Waals surface area contributed by atoms with Crippen LogP contribution in [0.3, 0.4) is 0 Å². The molecule has 4 aromatic rings. The Labute approximate surface area is 237 Å². The van der Waals surface area contributed by atoms with Crippen LogP contribution in [0.5, 0.6) is 23.0 Å². The molecular weight excluding hydrogens is 530 g/mol. The summed E-state index contributed by atoms with van der Waals surface area (Å²) in [7, 11) is 4.50. The Kier molecular flexibility index (Phi) is 9.24. The molecule has 0 radical (unpaired) electrons. The van der Waals surface area contributed by atoms with Gasteiger partial charge >= 0.3 is 0 Å². The second kappa shape index (κ2) is 13.0. The zero-order valence-corrected chi connectivity index (χ0v) is 23.5. The molecule has 2 N–H and O–H groups in total. The number of carbonyl (C=O) groups is 1. The molecule has 0 aliphatic heterocycles. The number of aliphatic imine (C=N–C) groups is 1. The predicted octanol–water partition coefficient (Wildman–Crippen LogP) is 6.36. The topological polar surface area (TPSA) is 102 Å². The van der Waals surface area contributed by atoms with Crippen molar-refractivity contribution in [1.29, 1.82) is 0 Å². The lowest BCUT2D eigenvalue weighted by atomic mass is 10.0. The van der Waals surface area contributed by atoms with E-state index < -0.39 is 0 Å². The molecule has 40 heavy (non-hydrogen) atoms. The zero-order valence-electron chi connectivity index (χ0n) is 22.7. The molecule has 0 amide bonds. The summed E-state index contributed by atoms with van der Waals surface area (Å²) < 4.78 is 16.0. The Morgan fingerprint density at radius 1 is 1.05 bits per heavy atom. The van der Waals surface area contributed by atoms with E-state index >= 15 is 0 Å². The van der Waals surface area contributed by atoms with E-state index in [1.54, 1.807) is 49.7 Å². The number of hydrogen-bond acceptors (Lipinski definition) is 8. The molecule has 206 valence electrons. The zero-order chi connectivity index (χ0) is 28.6. The summed E-state index contributed by atoms with van der Waals surface area (Å²) in [6.45, 7) is 2.86. The van der Waals surface area contributed by atoms with E-state index in [1.165, 1.54) is 27.4 Å². The molecule has 0 saturated heterocycles. The van der Waals surface area contributed by atoms with Crippen LogP contribution >= 0.6 is 11.6 Å². The lowest BCUT2D eigenvalue weighted by Gasteiger charge is -2.13. The second-order valence-corrected chi connectivity index (χ2v) is 9.31. The molecule has 0 unspecified atom stereocenters. The molecule has 0 bridgehead atoms. The first-order valence-corrected chi connectivity index (χ1v) is 12.9. The van der Waals surface area contributed by atoms with E-state index in [1.807, 2.05) is 24.3 Å². The lowest BCUT2D eigenvalue weighted by Crippen LogP contribution is -2.05. The van der Waals surface area contributed by atoms with Crippen molar-refractivity contribution in [3.05, 3.63) is 88.1 Å². The minimum Gasteiger partial charge on any atom is -0.507 e. The van der Waals surface area contributed by atoms with Gasteiger partial charge in [0.2, 0.25) is 5.75 Å². The van der Waals surface area contributed by atoms with Crippen molar-refractivity contribution in [2.45, 2.75) is 6.92 Å². The number of anilines is 1. The number of phenolic OH excluding ortho intramolecular Hbond substituents is 1. The molecule has 0 atom stereocenters. The number of pyridine rings is 1. The highest BCUT2D eigenvalue weighted by Gasteiger charge is 2.16. The summed E-state index contributed by atoms with van der Waals surface area (Å²) in [5.41, 5.74) is 4.13. The number of rotatable bonds is 11. The molecule has 1 heterocycles. The molecule has 9 heteroatoms. The van der Waals surface area contributed by atoms with Crippen LogP contribution in [0.25, 0.3) is 17.0 Å². The van der Waals surface area contributed by atoms with Crippen molar-refractivity contribution in [2.75, 3.05) is 39.7 Å². The number of carbonyl (C=O) groups excluding carboxylic acids is 1. The number of nitrogens with zero attached hydrogens (tertiary/aromatic N) is 2. The highest BCUT2D eigenvalue weighted by molar-refractivity contribution is 6.31. The van der Waals surface area contributed by atoms with Crippen LogP contribution in [0.15, 0.2) is 65.8 Å². The van der Waals surface area contributed by atoms with Gasteiger partial charge in [-0.25, -0.2) is 0 Å². The standard InChI is InChI=1S/C31H30ClN3O5/c1-19-13-20(5-8-27(36)21-15-28(38-2)31(40-4)29(16-21)39-3)14-22(30(19)37)18-33-11-12-35-25-9-10-34-26-17-23(32)6-7-24(25)26/h5-10,13-18,37H,11-12H2,1-4H3,(H,34,35)/b8-5+,33-18?. The van der Waals surface area contributed by atoms with Gasteiger partial charge in [0, 0.05) is 46.2 Å². The fourth-order valence-corrected chi connectivity index (χ4v) is 4.38. The van der Waals surface area contributed by atoms with Crippen LogP contribution in [0.2, 0.25) is 5.02 Å². The maximum atomic E-state index is 12.9. The Hall–Kier alpha value is -4.56. The number of ether oxygens (including phenoxy) is 3. The Bertz CT molecular complexity index is 1570. The van der Waals surface area contributed by atoms with Crippen molar-refractivity contribution in [1.82, 2.24) is 4.98 Å². The summed E-state index contributed by atoms with van der Waals surface area (Å²) in [6, 6.07) is 14.3. The summed E-state index contributed by atoms with van der Waals surface area (Å²) in [4.78, 5) is 21.7.